The summed E-state index contributed by atoms with van der Waals surface area (Å²) in [6, 6.07) is 0. The molecule has 48 valence electrons. The number of hydrogen-bond donors (Lipinski definition) is 0. The van der Waals surface area contributed by atoms with Gasteiger partial charge in [0.05, 0.1) is 0 Å². The molecule has 0 radical (unpaired) electrons. The van der Waals surface area contributed by atoms with Gasteiger partial charge < -0.3 is 27.0 Å². The van der Waals surface area contributed by atoms with Gasteiger partial charge in [-0.2, -0.15) is 0 Å². The molecule has 0 saturated carbocycles. The zero-order chi connectivity index (χ0) is 2.71. The van der Waals surface area contributed by atoms with Crippen molar-refractivity contribution in [3.8, 4) is 0 Å². The van der Waals surface area contributed by atoms with Crippen molar-refractivity contribution in [2.45, 2.75) is 0 Å². The molecule has 0 N–H and O–H groups in total. The van der Waals surface area contributed by atoms with E-state index in [1.165, 1.54) is 0 Å². The van der Waals surface area contributed by atoms with Crippen LogP contribution in [0.2, 0.25) is 0 Å². The fourth-order valence-electron chi connectivity index (χ4n) is 0. The maximum Gasteiger partial charge on any atom is -0.813 e. The molecule has 7 heteroatoms. The SMILES string of the molecule is Cl.Cl.[O]=[Mo+2]=[O].[SH-].[SH-]. The molecule has 0 rings (SSSR count). The van der Waals surface area contributed by atoms with Gasteiger partial charge in [0.25, 0.3) is 0 Å². The molecule has 0 spiro atoms. The fraction of sp³-hybridized carbons (Fsp3) is 0. The first-order valence-corrected chi connectivity index (χ1v) is 1.97. The molecule has 0 aromatic heterocycles. The molecule has 0 fully saturated rings. The number of hydrogen-bond acceptors (Lipinski definition) is 4. The van der Waals surface area contributed by atoms with Gasteiger partial charge in [0.15, 0.2) is 0 Å². The normalized spacial score (nSPS) is 1.14. The summed E-state index contributed by atoms with van der Waals surface area (Å²) in [5.74, 6) is 0. The smallest absolute Gasteiger partial charge is 0.813 e. The first-order valence-electron chi connectivity index (χ1n) is 0.333. The fourth-order valence-corrected chi connectivity index (χ4v) is 0. The van der Waals surface area contributed by atoms with Crippen LogP contribution in [0.25, 0.3) is 0 Å². The molecule has 0 unspecified atom stereocenters. The first-order chi connectivity index (χ1) is 1.41. The van der Waals surface area contributed by atoms with E-state index in [1.54, 1.807) is 0 Å². The van der Waals surface area contributed by atoms with Crippen molar-refractivity contribution < 1.29 is 25.3 Å². The van der Waals surface area contributed by atoms with Gasteiger partial charge in [-0.3, -0.25) is 0 Å². The number of halogens is 2. The predicted octanol–water partition coefficient (Wildman–Crippen LogP) is 0.0633. The van der Waals surface area contributed by atoms with E-state index in [4.69, 9.17) is 6.80 Å². The Balaban J connectivity index is -0.00000000333. The van der Waals surface area contributed by atoms with Gasteiger partial charge in [-0.15, -0.1) is 24.8 Å². The zero-order valence-electron chi connectivity index (χ0n) is 2.94. The van der Waals surface area contributed by atoms with E-state index >= 15 is 0 Å². The van der Waals surface area contributed by atoms with Crippen LogP contribution in [0.5, 0.6) is 0 Å². The molecule has 0 aromatic carbocycles. The van der Waals surface area contributed by atoms with Gasteiger partial charge in [-0.1, -0.05) is 0 Å². The summed E-state index contributed by atoms with van der Waals surface area (Å²) >= 11 is -2.03. The maximum atomic E-state index is 8.50. The van der Waals surface area contributed by atoms with Crippen molar-refractivity contribution in [3.05, 3.63) is 0 Å². The molecule has 0 aromatic rings. The average molecular weight is 267 g/mol. The van der Waals surface area contributed by atoms with Crippen molar-refractivity contribution in [1.82, 2.24) is 0 Å². The first kappa shape index (κ1) is 38.5. The van der Waals surface area contributed by atoms with E-state index in [1.807, 2.05) is 0 Å². The Bertz CT molecular complexity index is 34.7. The van der Waals surface area contributed by atoms with E-state index in [0.717, 1.165) is 0 Å². The minimum Gasteiger partial charge on any atom is -0.813 e. The standard InChI is InChI=1S/2ClH.Mo.2O.2H2S/h2*1H;;;;2*1H2/q;;+2;;;;/p-2. The van der Waals surface area contributed by atoms with E-state index in [9.17, 15) is 0 Å². The molecule has 7 heavy (non-hydrogen) atoms. The van der Waals surface area contributed by atoms with Crippen LogP contribution in [0.15, 0.2) is 0 Å². The van der Waals surface area contributed by atoms with E-state index in [2.05, 4.69) is 0 Å². The van der Waals surface area contributed by atoms with Gasteiger partial charge >= 0.3 is 25.3 Å². The van der Waals surface area contributed by atoms with E-state index in [0.29, 0.717) is 0 Å². The van der Waals surface area contributed by atoms with Crippen LogP contribution in [0.3, 0.4) is 0 Å². The third-order valence-corrected chi connectivity index (χ3v) is 0. The van der Waals surface area contributed by atoms with Crippen LogP contribution in [-0.2, 0) is 52.3 Å². The van der Waals surface area contributed by atoms with Crippen LogP contribution in [0, 0.1) is 0 Å². The van der Waals surface area contributed by atoms with Gasteiger partial charge in [0.1, 0.15) is 0 Å². The van der Waals surface area contributed by atoms with Crippen LogP contribution >= 0.6 is 24.8 Å². The molecule has 0 aliphatic heterocycles. The maximum absolute atomic E-state index is 8.50. The Morgan fingerprint density at radius 2 is 0.857 bits per heavy atom. The molecule has 0 heterocycles. The van der Waals surface area contributed by atoms with Gasteiger partial charge in [0, 0.05) is 0 Å². The summed E-state index contributed by atoms with van der Waals surface area (Å²) in [6.45, 7) is 0. The molecule has 2 nitrogen and oxygen atoms in total. The summed E-state index contributed by atoms with van der Waals surface area (Å²) in [7, 11) is 0. The van der Waals surface area contributed by atoms with Crippen LogP contribution in [0.1, 0.15) is 0 Å². The average Bonchev–Trinajstić information content (AvgIpc) is 0.918. The summed E-state index contributed by atoms with van der Waals surface area (Å²) < 4.78 is 17.0. The summed E-state index contributed by atoms with van der Waals surface area (Å²) in [5, 5.41) is 0. The second-order valence-electron chi connectivity index (χ2n) is 0.0680. The topological polar surface area (TPSA) is 34.1 Å². The Hall–Kier alpha value is 1.57. The van der Waals surface area contributed by atoms with Crippen LogP contribution < -0.4 is 0 Å². The monoisotopic (exact) mass is 268 g/mol. The molecule has 0 saturated heterocycles. The van der Waals surface area contributed by atoms with E-state index in [-0.39, 0.29) is 51.8 Å². The van der Waals surface area contributed by atoms with Crippen molar-refractivity contribution in [2.75, 3.05) is 0 Å². The summed E-state index contributed by atoms with van der Waals surface area (Å²) in [6.07, 6.45) is 0. The molecule has 0 amide bonds. The van der Waals surface area contributed by atoms with Crippen molar-refractivity contribution >= 4 is 51.8 Å². The molecular formula is H4Cl2MoO2S2. The van der Waals surface area contributed by atoms with E-state index < -0.39 is 18.5 Å². The number of thiol groups is 2. The summed E-state index contributed by atoms with van der Waals surface area (Å²) in [4.78, 5) is 0. The minimum atomic E-state index is -2.03. The zero-order valence-corrected chi connectivity index (χ0v) is 8.36. The molecule has 0 aliphatic carbocycles. The van der Waals surface area contributed by atoms with Gasteiger partial charge in [0.2, 0.25) is 0 Å². The Morgan fingerprint density at radius 3 is 0.857 bits per heavy atom. The van der Waals surface area contributed by atoms with Crippen LogP contribution in [0.4, 0.5) is 0 Å². The Morgan fingerprint density at radius 1 is 0.857 bits per heavy atom. The summed E-state index contributed by atoms with van der Waals surface area (Å²) in [5.41, 5.74) is 0. The molecular weight excluding hydrogens is 263 g/mol. The Kier molecular flexibility index (Phi) is 273. The van der Waals surface area contributed by atoms with Crippen molar-refractivity contribution in [1.29, 1.82) is 0 Å². The largest absolute Gasteiger partial charge is 0.813 e. The van der Waals surface area contributed by atoms with Crippen molar-refractivity contribution in [3.63, 3.8) is 0 Å². The van der Waals surface area contributed by atoms with Gasteiger partial charge in [-0.05, 0) is 0 Å². The second kappa shape index (κ2) is 49.5. The third-order valence-electron chi connectivity index (χ3n) is 0. The molecule has 0 bridgehead atoms. The minimum absolute atomic E-state index is 0. The predicted molar refractivity (Wildman–Crippen MR) is 33.4 cm³/mol. The van der Waals surface area contributed by atoms with Gasteiger partial charge in [-0.25, -0.2) is 0 Å². The van der Waals surface area contributed by atoms with Crippen molar-refractivity contribution in [2.24, 2.45) is 0 Å². The molecule has 0 aliphatic rings. The molecule has 0 atom stereocenters. The van der Waals surface area contributed by atoms with Crippen LogP contribution in [-0.4, -0.2) is 0 Å². The quantitative estimate of drug-likeness (QED) is 0.353. The second-order valence-corrected chi connectivity index (χ2v) is 0.403. The number of rotatable bonds is 0. The Labute approximate surface area is 76.7 Å². The third kappa shape index (κ3) is 95.4.